The van der Waals surface area contributed by atoms with Crippen LogP contribution in [0.2, 0.25) is 0 Å². The van der Waals surface area contributed by atoms with Crippen molar-refractivity contribution in [2.45, 2.75) is 44.6 Å². The summed E-state index contributed by atoms with van der Waals surface area (Å²) in [5.41, 5.74) is 0.644. The van der Waals surface area contributed by atoms with Crippen LogP contribution in [0.15, 0.2) is 34.9 Å². The first-order chi connectivity index (χ1) is 12.9. The molecule has 0 saturated carbocycles. The van der Waals surface area contributed by atoms with Crippen molar-refractivity contribution in [1.29, 1.82) is 0 Å². The maximum Gasteiger partial charge on any atom is 0.237 e. The third-order valence-corrected chi connectivity index (χ3v) is 7.40. The lowest BCUT2D eigenvalue weighted by Gasteiger charge is -2.39. The van der Waals surface area contributed by atoms with Gasteiger partial charge in [0.25, 0.3) is 0 Å². The Kier molecular flexibility index (Phi) is 7.61. The van der Waals surface area contributed by atoms with Crippen molar-refractivity contribution in [2.24, 2.45) is 0 Å². The standard InChI is InChI=1S/C19H28N4O3S.ClH/c1-4-27(24,25)23-12-10-19(11-13-23,16-8-6-5-7-9-16)18-21-17(22-26-18)14-15(2)20-3;/h5-9,15,20H,4,10-14H2,1-3H3;1H. The molecule has 1 aromatic heterocycles. The zero-order valence-electron chi connectivity index (χ0n) is 16.6. The van der Waals surface area contributed by atoms with Gasteiger partial charge in [0, 0.05) is 25.6 Å². The van der Waals surface area contributed by atoms with Gasteiger partial charge in [-0.05, 0) is 39.3 Å². The first-order valence-corrected chi connectivity index (χ1v) is 11.1. The quantitative estimate of drug-likeness (QED) is 0.728. The third kappa shape index (κ3) is 4.56. The van der Waals surface area contributed by atoms with E-state index in [-0.39, 0.29) is 24.2 Å². The van der Waals surface area contributed by atoms with E-state index in [0.29, 0.717) is 44.1 Å². The van der Waals surface area contributed by atoms with E-state index in [2.05, 4.69) is 29.5 Å². The Hall–Kier alpha value is -1.48. The van der Waals surface area contributed by atoms with E-state index < -0.39 is 15.4 Å². The minimum absolute atomic E-state index is 0. The molecule has 0 radical (unpaired) electrons. The molecule has 28 heavy (non-hydrogen) atoms. The van der Waals surface area contributed by atoms with Crippen LogP contribution < -0.4 is 5.32 Å². The molecule has 1 aromatic carbocycles. The van der Waals surface area contributed by atoms with Crippen LogP contribution in [0.4, 0.5) is 0 Å². The molecule has 0 amide bonds. The highest BCUT2D eigenvalue weighted by Crippen LogP contribution is 2.41. The Morgan fingerprint density at radius 2 is 1.89 bits per heavy atom. The Balaban J connectivity index is 0.00000280. The minimum Gasteiger partial charge on any atom is -0.338 e. The number of piperidine rings is 1. The van der Waals surface area contributed by atoms with Crippen molar-refractivity contribution in [1.82, 2.24) is 19.8 Å². The number of nitrogens with zero attached hydrogens (tertiary/aromatic N) is 3. The second-order valence-electron chi connectivity index (χ2n) is 7.16. The average Bonchev–Trinajstić information content (AvgIpc) is 3.17. The maximum absolute atomic E-state index is 12.3. The lowest BCUT2D eigenvalue weighted by molar-refractivity contribution is 0.214. The average molecular weight is 429 g/mol. The fourth-order valence-electron chi connectivity index (χ4n) is 3.62. The predicted octanol–water partition coefficient (Wildman–Crippen LogP) is 2.37. The van der Waals surface area contributed by atoms with E-state index in [0.717, 1.165) is 5.56 Å². The van der Waals surface area contributed by atoms with E-state index >= 15 is 0 Å². The lowest BCUT2D eigenvalue weighted by Crippen LogP contribution is -2.46. The van der Waals surface area contributed by atoms with Gasteiger partial charge in [0.05, 0.1) is 11.2 Å². The maximum atomic E-state index is 12.3. The number of nitrogens with one attached hydrogen (secondary N) is 1. The van der Waals surface area contributed by atoms with Gasteiger partial charge in [-0.2, -0.15) is 4.98 Å². The molecule has 7 nitrogen and oxygen atoms in total. The molecular weight excluding hydrogens is 400 g/mol. The van der Waals surface area contributed by atoms with Gasteiger partial charge in [0.1, 0.15) is 0 Å². The van der Waals surface area contributed by atoms with E-state index in [4.69, 9.17) is 9.51 Å². The molecule has 1 saturated heterocycles. The summed E-state index contributed by atoms with van der Waals surface area (Å²) in [7, 11) is -1.29. The molecule has 1 N–H and O–H groups in total. The zero-order chi connectivity index (χ0) is 19.5. The van der Waals surface area contributed by atoms with Gasteiger partial charge in [0.2, 0.25) is 15.9 Å². The number of halogens is 1. The van der Waals surface area contributed by atoms with Gasteiger partial charge in [0.15, 0.2) is 5.82 Å². The van der Waals surface area contributed by atoms with Crippen LogP contribution in [0.25, 0.3) is 0 Å². The molecule has 1 fully saturated rings. The molecule has 0 bridgehead atoms. The van der Waals surface area contributed by atoms with E-state index in [1.165, 1.54) is 0 Å². The number of rotatable bonds is 7. The normalized spacial score (nSPS) is 18.4. The lowest BCUT2D eigenvalue weighted by atomic mass is 9.73. The number of likely N-dealkylation sites (N-methyl/N-ethyl adjacent to an activating group) is 1. The molecule has 2 aromatic rings. The molecule has 3 rings (SSSR count). The van der Waals surface area contributed by atoms with E-state index in [9.17, 15) is 8.42 Å². The van der Waals surface area contributed by atoms with Gasteiger partial charge in [-0.25, -0.2) is 12.7 Å². The van der Waals surface area contributed by atoms with Crippen molar-refractivity contribution >= 4 is 22.4 Å². The van der Waals surface area contributed by atoms with Crippen molar-refractivity contribution in [3.63, 3.8) is 0 Å². The first kappa shape index (κ1) is 22.8. The van der Waals surface area contributed by atoms with Crippen LogP contribution in [0.3, 0.4) is 0 Å². The summed E-state index contributed by atoms with van der Waals surface area (Å²) in [6.45, 7) is 4.66. The summed E-state index contributed by atoms with van der Waals surface area (Å²) in [5, 5.41) is 7.35. The summed E-state index contributed by atoms with van der Waals surface area (Å²) in [4.78, 5) is 4.69. The van der Waals surface area contributed by atoms with Crippen LogP contribution in [0, 0.1) is 0 Å². The molecule has 9 heteroatoms. The fraction of sp³-hybridized carbons (Fsp3) is 0.579. The molecule has 1 aliphatic rings. The van der Waals surface area contributed by atoms with Crippen molar-refractivity contribution < 1.29 is 12.9 Å². The molecule has 156 valence electrons. The molecule has 0 aliphatic carbocycles. The Labute approximate surface area is 173 Å². The van der Waals surface area contributed by atoms with Gasteiger partial charge < -0.3 is 9.84 Å². The van der Waals surface area contributed by atoms with Gasteiger partial charge in [-0.15, -0.1) is 12.4 Å². The molecule has 2 heterocycles. The topological polar surface area (TPSA) is 88.3 Å². The second kappa shape index (κ2) is 9.35. The summed E-state index contributed by atoms with van der Waals surface area (Å²) in [5.74, 6) is 1.38. The monoisotopic (exact) mass is 428 g/mol. The third-order valence-electron chi connectivity index (χ3n) is 5.52. The fourth-order valence-corrected chi connectivity index (χ4v) is 4.72. The van der Waals surface area contributed by atoms with Crippen LogP contribution in [-0.4, -0.2) is 54.8 Å². The second-order valence-corrected chi connectivity index (χ2v) is 9.41. The Morgan fingerprint density at radius 3 is 2.46 bits per heavy atom. The van der Waals surface area contributed by atoms with E-state index in [1.54, 1.807) is 11.2 Å². The largest absolute Gasteiger partial charge is 0.338 e. The van der Waals surface area contributed by atoms with Crippen LogP contribution in [0.5, 0.6) is 0 Å². The van der Waals surface area contributed by atoms with Crippen molar-refractivity contribution in [3.05, 3.63) is 47.6 Å². The number of aromatic nitrogens is 2. The van der Waals surface area contributed by atoms with Crippen molar-refractivity contribution in [2.75, 3.05) is 25.9 Å². The Morgan fingerprint density at radius 1 is 1.25 bits per heavy atom. The molecular formula is C19H29ClN4O3S. The highest BCUT2D eigenvalue weighted by Gasteiger charge is 2.44. The molecule has 1 unspecified atom stereocenters. The molecule has 0 spiro atoms. The van der Waals surface area contributed by atoms with Crippen molar-refractivity contribution in [3.8, 4) is 0 Å². The first-order valence-electron chi connectivity index (χ1n) is 9.45. The van der Waals surface area contributed by atoms with Crippen LogP contribution in [0.1, 0.15) is 44.0 Å². The molecule has 1 atom stereocenters. The van der Waals surface area contributed by atoms with Gasteiger partial charge in [-0.1, -0.05) is 35.5 Å². The summed E-state index contributed by atoms with van der Waals surface area (Å²) in [6.07, 6.45) is 1.93. The zero-order valence-corrected chi connectivity index (χ0v) is 18.2. The number of hydrogen-bond acceptors (Lipinski definition) is 6. The van der Waals surface area contributed by atoms with E-state index in [1.807, 2.05) is 25.2 Å². The summed E-state index contributed by atoms with van der Waals surface area (Å²) < 4.78 is 31.8. The minimum atomic E-state index is -3.19. The summed E-state index contributed by atoms with van der Waals surface area (Å²) in [6, 6.07) is 10.3. The number of hydrogen-bond donors (Lipinski definition) is 1. The van der Waals surface area contributed by atoms with Gasteiger partial charge in [-0.3, -0.25) is 0 Å². The SMILES string of the molecule is CCS(=O)(=O)N1CCC(c2ccccc2)(c2nc(CC(C)NC)no2)CC1.Cl. The predicted molar refractivity (Wildman–Crippen MR) is 111 cm³/mol. The Bertz CT molecular complexity index is 849. The molecule has 1 aliphatic heterocycles. The smallest absolute Gasteiger partial charge is 0.237 e. The highest BCUT2D eigenvalue weighted by molar-refractivity contribution is 7.89. The van der Waals surface area contributed by atoms with Crippen LogP contribution >= 0.6 is 12.4 Å². The number of sulfonamides is 1. The van der Waals surface area contributed by atoms with Crippen LogP contribution in [-0.2, 0) is 21.9 Å². The highest BCUT2D eigenvalue weighted by atomic mass is 35.5. The number of benzene rings is 1. The van der Waals surface area contributed by atoms with Gasteiger partial charge >= 0.3 is 0 Å². The summed E-state index contributed by atoms with van der Waals surface area (Å²) >= 11 is 0.